The zero-order chi connectivity index (χ0) is 10.4. The summed E-state index contributed by atoms with van der Waals surface area (Å²) >= 11 is 0. The second kappa shape index (κ2) is 5.35. The third-order valence-electron chi connectivity index (χ3n) is 3.35. The van der Waals surface area contributed by atoms with Gasteiger partial charge >= 0.3 is 5.97 Å². The van der Waals surface area contributed by atoms with Crippen molar-refractivity contribution in [1.82, 2.24) is 0 Å². The average Bonchev–Trinajstić information content (AvgIpc) is 2.09. The minimum Gasteiger partial charge on any atom is -0.481 e. The van der Waals surface area contributed by atoms with Gasteiger partial charge in [-0.25, -0.2) is 0 Å². The largest absolute Gasteiger partial charge is 0.481 e. The Hall–Kier alpha value is -0.570. The van der Waals surface area contributed by atoms with Crippen molar-refractivity contribution >= 4 is 5.97 Å². The molecule has 82 valence electrons. The molecule has 0 amide bonds. The number of hydrogen-bond acceptors (Lipinski definition) is 2. The molecule has 0 atom stereocenters. The predicted molar refractivity (Wildman–Crippen MR) is 54.1 cm³/mol. The number of carboxylic acid groups (broad SMARTS) is 1. The van der Waals surface area contributed by atoms with Crippen molar-refractivity contribution in [3.05, 3.63) is 0 Å². The smallest absolute Gasteiger partial charge is 0.309 e. The first kappa shape index (κ1) is 11.5. The quantitative estimate of drug-likeness (QED) is 0.734. The van der Waals surface area contributed by atoms with Crippen molar-refractivity contribution in [2.45, 2.75) is 51.4 Å². The molecule has 1 aliphatic carbocycles. The molecule has 0 aromatic carbocycles. The highest BCUT2D eigenvalue weighted by molar-refractivity contribution is 5.74. The molecule has 3 nitrogen and oxygen atoms in total. The lowest BCUT2D eigenvalue weighted by Crippen LogP contribution is -2.32. The van der Waals surface area contributed by atoms with Crippen LogP contribution in [0.3, 0.4) is 0 Å². The molecule has 0 aromatic heterocycles. The summed E-state index contributed by atoms with van der Waals surface area (Å²) < 4.78 is 0. The molecule has 1 aliphatic rings. The van der Waals surface area contributed by atoms with E-state index in [0.717, 1.165) is 38.5 Å². The summed E-state index contributed by atoms with van der Waals surface area (Å²) in [6.45, 7) is -0.00764. The number of aliphatic hydroxyl groups is 1. The van der Waals surface area contributed by atoms with E-state index >= 15 is 0 Å². The minimum absolute atomic E-state index is 0.00764. The predicted octanol–water partition coefficient (Wildman–Crippen LogP) is 2.18. The first-order valence-electron chi connectivity index (χ1n) is 5.55. The van der Waals surface area contributed by atoms with E-state index in [1.165, 1.54) is 6.42 Å². The fraction of sp³-hybridized carbons (Fsp3) is 0.909. The first-order chi connectivity index (χ1) is 6.71. The normalized spacial score (nSPS) is 22.4. The lowest BCUT2D eigenvalue weighted by Gasteiger charge is -2.30. The van der Waals surface area contributed by atoms with Crippen LogP contribution in [-0.4, -0.2) is 22.8 Å². The van der Waals surface area contributed by atoms with Gasteiger partial charge in [0.2, 0.25) is 0 Å². The van der Waals surface area contributed by atoms with Crippen LogP contribution in [0.2, 0.25) is 0 Å². The number of rotatable bonds is 3. The van der Waals surface area contributed by atoms with Crippen LogP contribution >= 0.6 is 0 Å². The van der Waals surface area contributed by atoms with Crippen LogP contribution in [0.4, 0.5) is 0 Å². The minimum atomic E-state index is -0.714. The van der Waals surface area contributed by atoms with Gasteiger partial charge in [0.25, 0.3) is 0 Å². The molecule has 3 heteroatoms. The van der Waals surface area contributed by atoms with Crippen LogP contribution in [0.1, 0.15) is 51.4 Å². The van der Waals surface area contributed by atoms with Gasteiger partial charge in [-0.1, -0.05) is 32.1 Å². The Kier molecular flexibility index (Phi) is 4.39. The molecule has 1 rings (SSSR count). The van der Waals surface area contributed by atoms with Crippen LogP contribution in [0.25, 0.3) is 0 Å². The number of carboxylic acids is 1. The highest BCUT2D eigenvalue weighted by Gasteiger charge is 2.37. The Morgan fingerprint density at radius 3 is 2.00 bits per heavy atom. The summed E-state index contributed by atoms with van der Waals surface area (Å²) in [5.74, 6) is -0.714. The molecule has 0 saturated heterocycles. The first-order valence-corrected chi connectivity index (χ1v) is 5.55. The van der Waals surface area contributed by atoms with Gasteiger partial charge in [-0.3, -0.25) is 4.79 Å². The lowest BCUT2D eigenvalue weighted by atomic mass is 9.74. The summed E-state index contributed by atoms with van der Waals surface area (Å²) in [7, 11) is 0. The molecule has 0 aromatic rings. The van der Waals surface area contributed by atoms with Crippen molar-refractivity contribution in [2.75, 3.05) is 6.61 Å². The highest BCUT2D eigenvalue weighted by Crippen LogP contribution is 2.37. The van der Waals surface area contributed by atoms with Crippen LogP contribution in [0, 0.1) is 5.41 Å². The Morgan fingerprint density at radius 1 is 1.07 bits per heavy atom. The van der Waals surface area contributed by atoms with E-state index in [4.69, 9.17) is 5.11 Å². The summed E-state index contributed by atoms with van der Waals surface area (Å²) in [4.78, 5) is 11.2. The number of carbonyl (C=O) groups is 1. The SMILES string of the molecule is O=C(O)C1(CCO)CCCCCCC1. The van der Waals surface area contributed by atoms with Crippen LogP contribution in [0.5, 0.6) is 0 Å². The molecule has 0 spiro atoms. The van der Waals surface area contributed by atoms with Crippen molar-refractivity contribution in [3.8, 4) is 0 Å². The van der Waals surface area contributed by atoms with Gasteiger partial charge in [-0.15, -0.1) is 0 Å². The lowest BCUT2D eigenvalue weighted by molar-refractivity contribution is -0.151. The molecule has 2 N–H and O–H groups in total. The number of hydrogen-bond donors (Lipinski definition) is 2. The molecule has 0 bridgehead atoms. The third kappa shape index (κ3) is 2.71. The standard InChI is InChI=1S/C11H20O3/c12-9-8-11(10(13)14)6-4-2-1-3-5-7-11/h12H,1-9H2,(H,13,14). The van der Waals surface area contributed by atoms with E-state index in [-0.39, 0.29) is 6.61 Å². The zero-order valence-corrected chi connectivity index (χ0v) is 8.67. The van der Waals surface area contributed by atoms with Gasteiger partial charge in [-0.05, 0) is 19.3 Å². The number of aliphatic carboxylic acids is 1. The third-order valence-corrected chi connectivity index (χ3v) is 3.35. The van der Waals surface area contributed by atoms with Crippen molar-refractivity contribution in [3.63, 3.8) is 0 Å². The average molecular weight is 200 g/mol. The van der Waals surface area contributed by atoms with Crippen molar-refractivity contribution in [2.24, 2.45) is 5.41 Å². The summed E-state index contributed by atoms with van der Waals surface area (Å²) in [5, 5.41) is 18.2. The van der Waals surface area contributed by atoms with E-state index in [2.05, 4.69) is 0 Å². The molecule has 1 fully saturated rings. The van der Waals surface area contributed by atoms with E-state index in [9.17, 15) is 9.90 Å². The molecule has 0 aliphatic heterocycles. The Labute approximate surface area is 85.1 Å². The second-order valence-electron chi connectivity index (χ2n) is 4.33. The Balaban J connectivity index is 2.65. The fourth-order valence-electron chi connectivity index (χ4n) is 2.37. The summed E-state index contributed by atoms with van der Waals surface area (Å²) in [6, 6.07) is 0. The Morgan fingerprint density at radius 2 is 1.57 bits per heavy atom. The summed E-state index contributed by atoms with van der Waals surface area (Å²) in [5.41, 5.74) is -0.630. The van der Waals surface area contributed by atoms with Crippen molar-refractivity contribution < 1.29 is 15.0 Å². The molecule has 1 saturated carbocycles. The van der Waals surface area contributed by atoms with E-state index in [1.54, 1.807) is 0 Å². The monoisotopic (exact) mass is 200 g/mol. The van der Waals surface area contributed by atoms with Crippen LogP contribution in [-0.2, 0) is 4.79 Å². The molecule has 14 heavy (non-hydrogen) atoms. The van der Waals surface area contributed by atoms with Crippen LogP contribution in [0.15, 0.2) is 0 Å². The molecule has 0 unspecified atom stereocenters. The summed E-state index contributed by atoms with van der Waals surface area (Å²) in [6.07, 6.45) is 7.39. The van der Waals surface area contributed by atoms with Gasteiger partial charge in [0.05, 0.1) is 5.41 Å². The second-order valence-corrected chi connectivity index (χ2v) is 4.33. The molecule has 0 radical (unpaired) electrons. The fourth-order valence-corrected chi connectivity index (χ4v) is 2.37. The molecule has 0 heterocycles. The Bertz CT molecular complexity index is 181. The van der Waals surface area contributed by atoms with Crippen LogP contribution < -0.4 is 0 Å². The van der Waals surface area contributed by atoms with E-state index < -0.39 is 11.4 Å². The van der Waals surface area contributed by atoms with Gasteiger partial charge in [0, 0.05) is 6.61 Å². The van der Waals surface area contributed by atoms with Gasteiger partial charge in [-0.2, -0.15) is 0 Å². The maximum atomic E-state index is 11.2. The highest BCUT2D eigenvalue weighted by atomic mass is 16.4. The van der Waals surface area contributed by atoms with E-state index in [0.29, 0.717) is 6.42 Å². The molecular formula is C11H20O3. The number of aliphatic hydroxyl groups excluding tert-OH is 1. The molecular weight excluding hydrogens is 180 g/mol. The maximum Gasteiger partial charge on any atom is 0.309 e. The topological polar surface area (TPSA) is 57.5 Å². The maximum absolute atomic E-state index is 11.2. The van der Waals surface area contributed by atoms with E-state index in [1.807, 2.05) is 0 Å². The van der Waals surface area contributed by atoms with Gasteiger partial charge in [0.15, 0.2) is 0 Å². The zero-order valence-electron chi connectivity index (χ0n) is 8.67. The van der Waals surface area contributed by atoms with Crippen molar-refractivity contribution in [1.29, 1.82) is 0 Å². The van der Waals surface area contributed by atoms with Gasteiger partial charge in [0.1, 0.15) is 0 Å². The van der Waals surface area contributed by atoms with Gasteiger partial charge < -0.3 is 10.2 Å².